The largest absolute Gasteiger partial charge is 0.295 e. The maximum absolute atomic E-state index is 11.3. The van der Waals surface area contributed by atoms with Crippen LogP contribution in [0.5, 0.6) is 0 Å². The lowest BCUT2D eigenvalue weighted by molar-refractivity contribution is -0.111. The lowest BCUT2D eigenvalue weighted by Gasteiger charge is -2.02. The lowest BCUT2D eigenvalue weighted by atomic mass is 10.0. The Labute approximate surface area is 79.1 Å². The summed E-state index contributed by atoms with van der Waals surface area (Å²) in [6, 6.07) is 9.77. The Morgan fingerprint density at radius 1 is 1.31 bits per heavy atom. The number of hydrogen-bond acceptors (Lipinski definition) is 1. The van der Waals surface area contributed by atoms with E-state index in [0.29, 0.717) is 0 Å². The summed E-state index contributed by atoms with van der Waals surface area (Å²) in [6.07, 6.45) is 2.86. The van der Waals surface area contributed by atoms with Gasteiger partial charge in [-0.25, -0.2) is 0 Å². The topological polar surface area (TPSA) is 17.1 Å². The Hall–Kier alpha value is -1.37. The van der Waals surface area contributed by atoms with Gasteiger partial charge >= 0.3 is 0 Å². The fourth-order valence-electron chi connectivity index (χ4n) is 1.29. The van der Waals surface area contributed by atoms with E-state index < -0.39 is 0 Å². The molecule has 1 aromatic rings. The Balaban J connectivity index is 3.03. The molecule has 0 unspecified atom stereocenters. The molecule has 0 aliphatic heterocycles. The zero-order valence-corrected chi connectivity index (χ0v) is 8.08. The van der Waals surface area contributed by atoms with Crippen LogP contribution < -0.4 is 0 Å². The first kappa shape index (κ1) is 9.72. The number of allylic oxidation sites excluding steroid dienone is 2. The summed E-state index contributed by atoms with van der Waals surface area (Å²) in [5.41, 5.74) is 1.83. The molecule has 0 aliphatic carbocycles. The molecular weight excluding hydrogens is 160 g/mol. The smallest absolute Gasteiger partial charge is 0.160 e. The first-order chi connectivity index (χ1) is 6.25. The summed E-state index contributed by atoms with van der Waals surface area (Å²) in [7, 11) is 0. The van der Waals surface area contributed by atoms with Crippen LogP contribution in [0.4, 0.5) is 0 Å². The minimum absolute atomic E-state index is 0.132. The third kappa shape index (κ3) is 2.55. The van der Waals surface area contributed by atoms with Crippen molar-refractivity contribution in [3.63, 3.8) is 0 Å². The summed E-state index contributed by atoms with van der Waals surface area (Å²) in [5.74, 6) is 0.132. The van der Waals surface area contributed by atoms with E-state index >= 15 is 0 Å². The van der Waals surface area contributed by atoms with Crippen LogP contribution >= 0.6 is 0 Å². The van der Waals surface area contributed by atoms with Gasteiger partial charge in [0.2, 0.25) is 0 Å². The van der Waals surface area contributed by atoms with Gasteiger partial charge in [-0.15, -0.1) is 0 Å². The molecule has 0 N–H and O–H groups in total. The van der Waals surface area contributed by atoms with Crippen molar-refractivity contribution in [2.75, 3.05) is 0 Å². The van der Waals surface area contributed by atoms with Crippen molar-refractivity contribution < 1.29 is 4.79 Å². The van der Waals surface area contributed by atoms with Crippen molar-refractivity contribution in [3.8, 4) is 0 Å². The molecule has 1 nitrogen and oxygen atoms in total. The van der Waals surface area contributed by atoms with Crippen LogP contribution in [0.1, 0.15) is 25.8 Å². The van der Waals surface area contributed by atoms with Gasteiger partial charge in [-0.1, -0.05) is 43.3 Å². The first-order valence-corrected chi connectivity index (χ1v) is 4.52. The Bertz CT molecular complexity index is 309. The van der Waals surface area contributed by atoms with E-state index in [1.54, 1.807) is 6.92 Å². The van der Waals surface area contributed by atoms with Gasteiger partial charge in [0.05, 0.1) is 0 Å². The summed E-state index contributed by atoms with van der Waals surface area (Å²) >= 11 is 0. The number of carbonyl (C=O) groups excluding carboxylic acids is 1. The standard InChI is InChI=1S/C12H14O/c1-3-7-12(10(2)13)11-8-5-4-6-9-11/h4-9H,3H2,1-2H3/b12-7+. The predicted molar refractivity (Wildman–Crippen MR) is 55.4 cm³/mol. The molecule has 0 bridgehead atoms. The number of carbonyl (C=O) groups is 1. The molecule has 1 heteroatoms. The highest BCUT2D eigenvalue weighted by atomic mass is 16.1. The average molecular weight is 174 g/mol. The van der Waals surface area contributed by atoms with Crippen molar-refractivity contribution in [3.05, 3.63) is 42.0 Å². The summed E-state index contributed by atoms with van der Waals surface area (Å²) in [4.78, 5) is 11.3. The van der Waals surface area contributed by atoms with E-state index in [1.807, 2.05) is 43.3 Å². The molecule has 68 valence electrons. The summed E-state index contributed by atoms with van der Waals surface area (Å²) in [5, 5.41) is 0. The SMILES string of the molecule is CC/C=C(\C(C)=O)c1ccccc1. The van der Waals surface area contributed by atoms with Gasteiger partial charge in [0.1, 0.15) is 0 Å². The number of Topliss-reactive ketones (excluding diaryl/α,β-unsaturated/α-hetero) is 1. The van der Waals surface area contributed by atoms with Crippen molar-refractivity contribution in [1.82, 2.24) is 0 Å². The first-order valence-electron chi connectivity index (χ1n) is 4.52. The summed E-state index contributed by atoms with van der Waals surface area (Å²) in [6.45, 7) is 3.64. The molecule has 0 fully saturated rings. The number of hydrogen-bond donors (Lipinski definition) is 0. The molecule has 0 amide bonds. The molecule has 1 aromatic carbocycles. The van der Waals surface area contributed by atoms with Crippen molar-refractivity contribution in [1.29, 1.82) is 0 Å². The van der Waals surface area contributed by atoms with E-state index in [9.17, 15) is 4.79 Å². The molecule has 0 aliphatic rings. The average Bonchev–Trinajstić information content (AvgIpc) is 2.15. The zero-order chi connectivity index (χ0) is 9.68. The van der Waals surface area contributed by atoms with Gasteiger partial charge in [0, 0.05) is 5.57 Å². The molecule has 0 spiro atoms. The molecule has 0 heterocycles. The molecule has 1 rings (SSSR count). The molecule has 13 heavy (non-hydrogen) atoms. The van der Waals surface area contributed by atoms with Gasteiger partial charge in [-0.3, -0.25) is 4.79 Å². The van der Waals surface area contributed by atoms with Crippen LogP contribution in [0.25, 0.3) is 5.57 Å². The van der Waals surface area contributed by atoms with E-state index in [0.717, 1.165) is 17.6 Å². The van der Waals surface area contributed by atoms with Crippen LogP contribution in [0.3, 0.4) is 0 Å². The van der Waals surface area contributed by atoms with Gasteiger partial charge in [-0.2, -0.15) is 0 Å². The predicted octanol–water partition coefficient (Wildman–Crippen LogP) is 3.07. The Morgan fingerprint density at radius 3 is 2.38 bits per heavy atom. The second-order valence-electron chi connectivity index (χ2n) is 2.95. The molecular formula is C12H14O. The van der Waals surface area contributed by atoms with Crippen LogP contribution in [-0.2, 0) is 4.79 Å². The van der Waals surface area contributed by atoms with Gasteiger partial charge in [0.25, 0.3) is 0 Å². The molecule has 0 radical (unpaired) electrons. The Morgan fingerprint density at radius 2 is 1.92 bits per heavy atom. The zero-order valence-electron chi connectivity index (χ0n) is 8.08. The maximum atomic E-state index is 11.3. The van der Waals surface area contributed by atoms with Crippen molar-refractivity contribution in [2.24, 2.45) is 0 Å². The van der Waals surface area contributed by atoms with Crippen LogP contribution in [0.2, 0.25) is 0 Å². The second kappa shape index (κ2) is 4.61. The highest BCUT2D eigenvalue weighted by Gasteiger charge is 2.04. The highest BCUT2D eigenvalue weighted by Crippen LogP contribution is 2.15. The third-order valence-electron chi connectivity index (χ3n) is 1.87. The quantitative estimate of drug-likeness (QED) is 0.643. The minimum Gasteiger partial charge on any atom is -0.295 e. The molecule has 0 saturated carbocycles. The molecule has 0 saturated heterocycles. The summed E-state index contributed by atoms with van der Waals surface area (Å²) < 4.78 is 0. The third-order valence-corrected chi connectivity index (χ3v) is 1.87. The number of benzene rings is 1. The minimum atomic E-state index is 0.132. The van der Waals surface area contributed by atoms with E-state index in [-0.39, 0.29) is 5.78 Å². The van der Waals surface area contributed by atoms with Crippen molar-refractivity contribution >= 4 is 11.4 Å². The van der Waals surface area contributed by atoms with Gasteiger partial charge in [0.15, 0.2) is 5.78 Å². The maximum Gasteiger partial charge on any atom is 0.160 e. The molecule has 0 atom stereocenters. The number of rotatable bonds is 3. The van der Waals surface area contributed by atoms with E-state index in [1.165, 1.54) is 0 Å². The number of ketones is 1. The monoisotopic (exact) mass is 174 g/mol. The molecule has 0 aromatic heterocycles. The van der Waals surface area contributed by atoms with Crippen LogP contribution in [-0.4, -0.2) is 5.78 Å². The van der Waals surface area contributed by atoms with Gasteiger partial charge < -0.3 is 0 Å². The van der Waals surface area contributed by atoms with Crippen molar-refractivity contribution in [2.45, 2.75) is 20.3 Å². The normalized spacial score (nSPS) is 11.4. The lowest BCUT2D eigenvalue weighted by Crippen LogP contribution is -1.95. The van der Waals surface area contributed by atoms with Crippen LogP contribution in [0, 0.1) is 0 Å². The van der Waals surface area contributed by atoms with E-state index in [4.69, 9.17) is 0 Å². The highest BCUT2D eigenvalue weighted by molar-refractivity contribution is 6.19. The fourth-order valence-corrected chi connectivity index (χ4v) is 1.29. The van der Waals surface area contributed by atoms with E-state index in [2.05, 4.69) is 0 Å². The Kier molecular flexibility index (Phi) is 3.44. The second-order valence-corrected chi connectivity index (χ2v) is 2.95. The van der Waals surface area contributed by atoms with Gasteiger partial charge in [-0.05, 0) is 18.9 Å². The van der Waals surface area contributed by atoms with Crippen LogP contribution in [0.15, 0.2) is 36.4 Å². The fraction of sp³-hybridized carbons (Fsp3) is 0.250.